The maximum Gasteiger partial charge on any atom is 0.202 e. The second kappa shape index (κ2) is 1.70. The smallest absolute Gasteiger partial charge is 0.202 e. The summed E-state index contributed by atoms with van der Waals surface area (Å²) in [5.41, 5.74) is 1.56. The summed E-state index contributed by atoms with van der Waals surface area (Å²) in [5, 5.41) is 7.44. The highest BCUT2D eigenvalue weighted by Gasteiger charge is 2.01. The molecule has 10 heavy (non-hydrogen) atoms. The molecule has 0 aromatic carbocycles. The zero-order chi connectivity index (χ0) is 6.97. The maximum absolute atomic E-state index is 5.00. The van der Waals surface area contributed by atoms with Gasteiger partial charge in [-0.3, -0.25) is 0 Å². The normalized spacial score (nSPS) is 10.4. The van der Waals surface area contributed by atoms with Gasteiger partial charge in [-0.15, -0.1) is 14.8 Å². The Hall–Kier alpha value is -1.58. The molecule has 0 spiro atoms. The Morgan fingerprint density at radius 2 is 2.60 bits per heavy atom. The Balaban J connectivity index is 2.88. The van der Waals surface area contributed by atoms with Crippen LogP contribution < -0.4 is 0 Å². The Morgan fingerprint density at radius 3 is 3.40 bits per heavy atom. The monoisotopic (exact) mass is 135 g/mol. The number of hydrogen-bond donors (Lipinski definition) is 0. The molecule has 2 aromatic rings. The Kier molecular flexibility index (Phi) is 0.887. The van der Waals surface area contributed by atoms with E-state index < -0.39 is 0 Å². The van der Waals surface area contributed by atoms with Crippen molar-refractivity contribution in [3.05, 3.63) is 24.7 Å². The highest BCUT2D eigenvalue weighted by molar-refractivity contribution is 5.61. The lowest BCUT2D eigenvalue weighted by Gasteiger charge is -1.74. The van der Waals surface area contributed by atoms with Gasteiger partial charge in [-0.1, -0.05) is 12.7 Å². The summed E-state index contributed by atoms with van der Waals surface area (Å²) in [6.45, 7) is 3.59. The Labute approximate surface area is 56.7 Å². The second-order valence-electron chi connectivity index (χ2n) is 1.86. The average molecular weight is 135 g/mol. The maximum atomic E-state index is 5.00. The number of aromatic nitrogens is 3. The molecule has 0 N–H and O–H groups in total. The van der Waals surface area contributed by atoms with E-state index in [4.69, 9.17) is 4.52 Å². The van der Waals surface area contributed by atoms with Crippen LogP contribution in [0.2, 0.25) is 0 Å². The molecule has 0 radical (unpaired) electrons. The van der Waals surface area contributed by atoms with Gasteiger partial charge in [0.2, 0.25) is 5.65 Å². The van der Waals surface area contributed by atoms with Crippen molar-refractivity contribution in [3.63, 3.8) is 0 Å². The van der Waals surface area contributed by atoms with Crippen LogP contribution in [0.4, 0.5) is 0 Å². The predicted molar refractivity (Wildman–Crippen MR) is 35.3 cm³/mol. The Bertz CT molecular complexity index is 360. The summed E-state index contributed by atoms with van der Waals surface area (Å²) < 4.78 is 6.48. The van der Waals surface area contributed by atoms with Gasteiger partial charge < -0.3 is 4.52 Å². The fourth-order valence-electron chi connectivity index (χ4n) is 0.794. The topological polar surface area (TPSA) is 43.3 Å². The minimum absolute atomic E-state index is 0.704. The standard InChI is InChI=1S/C6H5N3O/c1-2-5-3-10-9-4-7-8-6(5)9/h2-4H,1H2. The van der Waals surface area contributed by atoms with Crippen molar-refractivity contribution in [2.24, 2.45) is 0 Å². The molecule has 0 unspecified atom stereocenters. The van der Waals surface area contributed by atoms with Crippen LogP contribution in [0, 0.1) is 0 Å². The molecule has 0 atom stereocenters. The number of fused-ring (bicyclic) bond motifs is 1. The molecule has 0 bridgehead atoms. The van der Waals surface area contributed by atoms with Gasteiger partial charge in [0.1, 0.15) is 6.26 Å². The van der Waals surface area contributed by atoms with Crippen molar-refractivity contribution >= 4 is 11.7 Å². The molecule has 0 fully saturated rings. The molecular formula is C6H5N3O. The molecule has 0 aliphatic rings. The summed E-state index contributed by atoms with van der Waals surface area (Å²) in [4.78, 5) is 0. The van der Waals surface area contributed by atoms with E-state index in [-0.39, 0.29) is 0 Å². The van der Waals surface area contributed by atoms with Crippen molar-refractivity contribution in [1.29, 1.82) is 0 Å². The van der Waals surface area contributed by atoms with Gasteiger partial charge >= 0.3 is 0 Å². The second-order valence-corrected chi connectivity index (χ2v) is 1.86. The quantitative estimate of drug-likeness (QED) is 0.585. The summed E-state index contributed by atoms with van der Waals surface area (Å²) in [5.74, 6) is 0. The molecule has 0 saturated carbocycles. The van der Waals surface area contributed by atoms with E-state index in [1.165, 1.54) is 10.9 Å². The van der Waals surface area contributed by atoms with E-state index in [1.54, 1.807) is 12.3 Å². The van der Waals surface area contributed by atoms with Crippen molar-refractivity contribution in [1.82, 2.24) is 14.8 Å². The molecular weight excluding hydrogens is 130 g/mol. The predicted octanol–water partition coefficient (Wildman–Crippen LogP) is 0.965. The van der Waals surface area contributed by atoms with E-state index in [2.05, 4.69) is 16.8 Å². The van der Waals surface area contributed by atoms with Crippen LogP contribution in [0.1, 0.15) is 5.56 Å². The molecule has 4 heteroatoms. The van der Waals surface area contributed by atoms with E-state index >= 15 is 0 Å². The van der Waals surface area contributed by atoms with Crippen LogP contribution in [-0.4, -0.2) is 14.8 Å². The lowest BCUT2D eigenvalue weighted by molar-refractivity contribution is 0.375. The van der Waals surface area contributed by atoms with Crippen LogP contribution >= 0.6 is 0 Å². The van der Waals surface area contributed by atoms with E-state index in [0.29, 0.717) is 5.65 Å². The largest absolute Gasteiger partial charge is 0.379 e. The van der Waals surface area contributed by atoms with Crippen LogP contribution in [0.3, 0.4) is 0 Å². The van der Waals surface area contributed by atoms with Crippen molar-refractivity contribution in [3.8, 4) is 0 Å². The van der Waals surface area contributed by atoms with Crippen LogP contribution in [0.5, 0.6) is 0 Å². The molecule has 0 saturated heterocycles. The van der Waals surface area contributed by atoms with Crippen LogP contribution in [-0.2, 0) is 0 Å². The zero-order valence-corrected chi connectivity index (χ0v) is 5.19. The number of hydrogen-bond acceptors (Lipinski definition) is 3. The van der Waals surface area contributed by atoms with Crippen molar-refractivity contribution < 1.29 is 4.52 Å². The van der Waals surface area contributed by atoms with Gasteiger partial charge in [-0.05, 0) is 0 Å². The molecule has 2 aromatic heterocycles. The third kappa shape index (κ3) is 0.500. The van der Waals surface area contributed by atoms with Gasteiger partial charge in [-0.25, -0.2) is 0 Å². The number of nitrogens with zero attached hydrogens (tertiary/aromatic N) is 3. The average Bonchev–Trinajstić information content (AvgIpc) is 2.44. The third-order valence-corrected chi connectivity index (χ3v) is 1.29. The molecule has 0 aliphatic carbocycles. The first kappa shape index (κ1) is 5.22. The zero-order valence-electron chi connectivity index (χ0n) is 5.19. The minimum atomic E-state index is 0.704. The third-order valence-electron chi connectivity index (χ3n) is 1.29. The molecule has 2 rings (SSSR count). The molecule has 50 valence electrons. The molecule has 2 heterocycles. The minimum Gasteiger partial charge on any atom is -0.379 e. The lowest BCUT2D eigenvalue weighted by Crippen LogP contribution is -1.72. The van der Waals surface area contributed by atoms with Gasteiger partial charge in [0.25, 0.3) is 0 Å². The first-order chi connectivity index (χ1) is 4.92. The van der Waals surface area contributed by atoms with Gasteiger partial charge in [0.05, 0.1) is 5.56 Å². The Morgan fingerprint density at radius 1 is 1.70 bits per heavy atom. The first-order valence-corrected chi connectivity index (χ1v) is 2.82. The highest BCUT2D eigenvalue weighted by Crippen LogP contribution is 2.08. The molecule has 0 amide bonds. The highest BCUT2D eigenvalue weighted by atomic mass is 16.5. The summed E-state index contributed by atoms with van der Waals surface area (Å²) in [6.07, 6.45) is 4.76. The van der Waals surface area contributed by atoms with E-state index in [1.807, 2.05) is 0 Å². The van der Waals surface area contributed by atoms with Gasteiger partial charge in [0.15, 0.2) is 6.33 Å². The van der Waals surface area contributed by atoms with E-state index in [9.17, 15) is 0 Å². The first-order valence-electron chi connectivity index (χ1n) is 2.82. The van der Waals surface area contributed by atoms with Gasteiger partial charge in [0, 0.05) is 0 Å². The van der Waals surface area contributed by atoms with Crippen molar-refractivity contribution in [2.45, 2.75) is 0 Å². The SMILES string of the molecule is C=Cc1con2cnnc12. The summed E-state index contributed by atoms with van der Waals surface area (Å²) in [6, 6.07) is 0. The molecule has 4 nitrogen and oxygen atoms in total. The number of rotatable bonds is 1. The van der Waals surface area contributed by atoms with Crippen LogP contribution in [0.25, 0.3) is 11.7 Å². The van der Waals surface area contributed by atoms with Gasteiger partial charge in [-0.2, -0.15) is 0 Å². The van der Waals surface area contributed by atoms with Crippen molar-refractivity contribution in [2.75, 3.05) is 0 Å². The fraction of sp³-hybridized carbons (Fsp3) is 0. The summed E-state index contributed by atoms with van der Waals surface area (Å²) in [7, 11) is 0. The molecule has 0 aliphatic heterocycles. The van der Waals surface area contributed by atoms with E-state index in [0.717, 1.165) is 5.56 Å². The summed E-state index contributed by atoms with van der Waals surface area (Å²) >= 11 is 0. The van der Waals surface area contributed by atoms with Crippen LogP contribution in [0.15, 0.2) is 23.7 Å². The lowest BCUT2D eigenvalue weighted by atomic mass is 10.3. The fourth-order valence-corrected chi connectivity index (χ4v) is 0.794.